The summed E-state index contributed by atoms with van der Waals surface area (Å²) in [6.07, 6.45) is 20.7. The molecule has 2 aromatic carbocycles. The zero-order valence-electron chi connectivity index (χ0n) is 34.3. The number of hydrogen-bond donors (Lipinski definition) is 0. The van der Waals surface area contributed by atoms with Crippen molar-refractivity contribution in [2.45, 2.75) is 121 Å². The Balaban J connectivity index is 0.000000152. The van der Waals surface area contributed by atoms with E-state index in [1.165, 1.54) is 68.9 Å². The second-order valence-electron chi connectivity index (χ2n) is 17.3. The van der Waals surface area contributed by atoms with E-state index in [-0.39, 0.29) is 11.1 Å². The molecule has 0 spiro atoms. The maximum Gasteiger partial charge on any atom is 0.296 e. The van der Waals surface area contributed by atoms with Crippen LogP contribution in [0, 0.1) is 11.8 Å². The van der Waals surface area contributed by atoms with Crippen LogP contribution < -0.4 is 11.1 Å². The summed E-state index contributed by atoms with van der Waals surface area (Å²) in [7, 11) is 0. The van der Waals surface area contributed by atoms with Gasteiger partial charge in [0.05, 0.1) is 0 Å². The molecule has 6 aromatic rings. The third-order valence-electron chi connectivity index (χ3n) is 13.3. The average molecular weight is 799 g/mol. The smallest absolute Gasteiger partial charge is 0.296 e. The van der Waals surface area contributed by atoms with Crippen LogP contribution in [0.4, 0.5) is 0 Å². The van der Waals surface area contributed by atoms with E-state index in [2.05, 4.69) is 81.3 Å². The van der Waals surface area contributed by atoms with Crippen molar-refractivity contribution in [1.29, 1.82) is 0 Å². The fourth-order valence-electron chi connectivity index (χ4n) is 9.93. The number of aromatic nitrogens is 8. The van der Waals surface area contributed by atoms with Gasteiger partial charge in [0, 0.05) is 88.0 Å². The molecule has 2 saturated heterocycles. The highest BCUT2D eigenvalue weighted by molar-refractivity contribution is 5.39. The average Bonchev–Trinajstić information content (AvgIpc) is 4.07. The standard InChI is InChI=1S/C24H30N4O2.C23H28N4O2/c29-24-23-26-25-22(20-11-13-30-14-12-20)28(23)17-21(15-18-7-3-1-4-8-18)27(24)16-19-9-5-2-6-10-19;28-23-22-25-24-21(19-10-12-29-13-11-19)27(22)16-20(14-17-6-2-1-3-7-17)26(23)15-18-8-4-5-9-18/h1,3-4,7-8,17,19-20H,2,5-6,9-16H2;1-3,6-7,16,18-19H,4-5,8-15H2. The second-order valence-corrected chi connectivity index (χ2v) is 17.3. The van der Waals surface area contributed by atoms with Gasteiger partial charge in [-0.05, 0) is 74.3 Å². The van der Waals surface area contributed by atoms with Crippen LogP contribution >= 0.6 is 0 Å². The summed E-state index contributed by atoms with van der Waals surface area (Å²) in [5, 5.41) is 17.6. The van der Waals surface area contributed by atoms with Gasteiger partial charge in [-0.3, -0.25) is 18.4 Å². The van der Waals surface area contributed by atoms with Crippen LogP contribution in [0.1, 0.15) is 129 Å². The summed E-state index contributed by atoms with van der Waals surface area (Å²) in [4.78, 5) is 27.0. The molecule has 12 heteroatoms. The van der Waals surface area contributed by atoms with E-state index >= 15 is 0 Å². The van der Waals surface area contributed by atoms with E-state index in [0.29, 0.717) is 35.0 Å². The van der Waals surface area contributed by atoms with Gasteiger partial charge in [-0.15, -0.1) is 20.4 Å². The molecule has 2 aliphatic heterocycles. The molecular formula is C47H58N8O4. The van der Waals surface area contributed by atoms with Crippen molar-refractivity contribution in [3.05, 3.63) is 128 Å². The van der Waals surface area contributed by atoms with Gasteiger partial charge in [0.1, 0.15) is 11.6 Å². The van der Waals surface area contributed by atoms with E-state index in [1.54, 1.807) is 0 Å². The summed E-state index contributed by atoms with van der Waals surface area (Å²) < 4.78 is 18.9. The maximum absolute atomic E-state index is 13.5. The summed E-state index contributed by atoms with van der Waals surface area (Å²) in [5.41, 5.74) is 5.45. The van der Waals surface area contributed by atoms with Gasteiger partial charge < -0.3 is 18.6 Å². The number of hydrogen-bond acceptors (Lipinski definition) is 8. The zero-order chi connectivity index (χ0) is 40.0. The Morgan fingerprint density at radius 2 is 0.881 bits per heavy atom. The first-order chi connectivity index (χ1) is 29.1. The Morgan fingerprint density at radius 1 is 0.492 bits per heavy atom. The van der Waals surface area contributed by atoms with Gasteiger partial charge in [-0.1, -0.05) is 92.8 Å². The summed E-state index contributed by atoms with van der Waals surface area (Å²) in [6, 6.07) is 20.8. The molecule has 12 nitrogen and oxygen atoms in total. The van der Waals surface area contributed by atoms with Crippen LogP contribution in [0.3, 0.4) is 0 Å². The zero-order valence-corrected chi connectivity index (χ0v) is 34.3. The summed E-state index contributed by atoms with van der Waals surface area (Å²) in [6.45, 7) is 4.56. The highest BCUT2D eigenvalue weighted by Crippen LogP contribution is 2.30. The minimum absolute atomic E-state index is 0.000172. The van der Waals surface area contributed by atoms with Crippen molar-refractivity contribution in [3.63, 3.8) is 0 Å². The highest BCUT2D eigenvalue weighted by Gasteiger charge is 2.27. The molecule has 0 atom stereocenters. The number of rotatable bonds is 10. The quantitative estimate of drug-likeness (QED) is 0.140. The van der Waals surface area contributed by atoms with E-state index in [4.69, 9.17) is 9.47 Å². The molecule has 10 rings (SSSR count). The molecule has 59 heavy (non-hydrogen) atoms. The van der Waals surface area contributed by atoms with Crippen molar-refractivity contribution < 1.29 is 9.47 Å². The Morgan fingerprint density at radius 3 is 1.29 bits per heavy atom. The predicted octanol–water partition coefficient (Wildman–Crippen LogP) is 7.52. The van der Waals surface area contributed by atoms with E-state index in [1.807, 2.05) is 30.1 Å². The van der Waals surface area contributed by atoms with Crippen molar-refractivity contribution in [3.8, 4) is 0 Å². The summed E-state index contributed by atoms with van der Waals surface area (Å²) >= 11 is 0. The van der Waals surface area contributed by atoms with Crippen LogP contribution in [-0.2, 0) is 35.4 Å². The van der Waals surface area contributed by atoms with Crippen molar-refractivity contribution in [1.82, 2.24) is 38.3 Å². The third kappa shape index (κ3) is 8.99. The lowest BCUT2D eigenvalue weighted by Crippen LogP contribution is -2.30. The van der Waals surface area contributed by atoms with Gasteiger partial charge in [0.2, 0.25) is 11.3 Å². The lowest BCUT2D eigenvalue weighted by Gasteiger charge is -2.24. The number of fused-ring (bicyclic) bond motifs is 2. The first-order valence-electron chi connectivity index (χ1n) is 22.3. The molecule has 0 radical (unpaired) electrons. The Kier molecular flexibility index (Phi) is 12.4. The lowest BCUT2D eigenvalue weighted by atomic mass is 9.89. The second kappa shape index (κ2) is 18.5. The van der Waals surface area contributed by atoms with Gasteiger partial charge in [0.25, 0.3) is 11.1 Å². The predicted molar refractivity (Wildman–Crippen MR) is 227 cm³/mol. The summed E-state index contributed by atoms with van der Waals surface area (Å²) in [5.74, 6) is 3.57. The minimum Gasteiger partial charge on any atom is -0.381 e. The maximum atomic E-state index is 13.5. The largest absolute Gasteiger partial charge is 0.381 e. The van der Waals surface area contributed by atoms with Crippen LogP contribution in [0.25, 0.3) is 11.3 Å². The molecule has 4 aliphatic rings. The molecule has 0 N–H and O–H groups in total. The Bertz CT molecular complexity index is 2410. The SMILES string of the molecule is O=c1c2nnc(C3CCOCC3)n2cc(Cc2ccccc2)n1CC1CCCC1.O=c1c2nnc(C3CCOCC3)n2cc(Cc2ccccc2)n1CC1CCCCC1. The van der Waals surface area contributed by atoms with Crippen LogP contribution in [-0.4, -0.2) is 64.8 Å². The molecule has 0 bridgehead atoms. The minimum atomic E-state index is -0.00357. The van der Waals surface area contributed by atoms with Crippen LogP contribution in [0.5, 0.6) is 0 Å². The molecule has 4 fully saturated rings. The van der Waals surface area contributed by atoms with Crippen LogP contribution in [0.15, 0.2) is 82.6 Å². The van der Waals surface area contributed by atoms with E-state index in [0.717, 1.165) is 101 Å². The highest BCUT2D eigenvalue weighted by atomic mass is 16.5. The van der Waals surface area contributed by atoms with Crippen molar-refractivity contribution in [2.75, 3.05) is 26.4 Å². The molecule has 6 heterocycles. The van der Waals surface area contributed by atoms with Crippen LogP contribution in [0.2, 0.25) is 0 Å². The number of ether oxygens (including phenoxy) is 2. The molecule has 2 aliphatic carbocycles. The molecular weight excluding hydrogens is 741 g/mol. The topological polar surface area (TPSA) is 123 Å². The van der Waals surface area contributed by atoms with Gasteiger partial charge in [0.15, 0.2) is 0 Å². The fraction of sp³-hybridized carbons (Fsp3) is 0.532. The fourth-order valence-corrected chi connectivity index (χ4v) is 9.93. The van der Waals surface area contributed by atoms with Gasteiger partial charge in [-0.2, -0.15) is 0 Å². The monoisotopic (exact) mass is 798 g/mol. The Hall–Kier alpha value is -4.94. The van der Waals surface area contributed by atoms with Gasteiger partial charge >= 0.3 is 0 Å². The Labute approximate surface area is 345 Å². The van der Waals surface area contributed by atoms with Crippen molar-refractivity contribution >= 4 is 11.3 Å². The lowest BCUT2D eigenvalue weighted by molar-refractivity contribution is 0.0833. The first kappa shape index (κ1) is 39.5. The van der Waals surface area contributed by atoms with E-state index in [9.17, 15) is 9.59 Å². The molecule has 0 amide bonds. The molecule has 2 saturated carbocycles. The molecule has 0 unspecified atom stereocenters. The molecule has 4 aromatic heterocycles. The third-order valence-corrected chi connectivity index (χ3v) is 13.3. The van der Waals surface area contributed by atoms with Crippen molar-refractivity contribution in [2.24, 2.45) is 11.8 Å². The number of benzene rings is 2. The van der Waals surface area contributed by atoms with E-state index < -0.39 is 0 Å². The normalized spacial score (nSPS) is 18.7. The molecule has 310 valence electrons. The number of nitrogens with zero attached hydrogens (tertiary/aromatic N) is 8. The first-order valence-corrected chi connectivity index (χ1v) is 22.3. The van der Waals surface area contributed by atoms with Gasteiger partial charge in [-0.25, -0.2) is 0 Å².